The maximum Gasteiger partial charge on any atom is 0.188 e. The Morgan fingerprint density at radius 1 is 0.474 bits per heavy atom. The van der Waals surface area contributed by atoms with Crippen LogP contribution in [0.4, 0.5) is 0 Å². The second kappa shape index (κ2) is 34.4. The van der Waals surface area contributed by atoms with Crippen molar-refractivity contribution in [3.8, 4) is 0 Å². The number of hydrogen-bond donors (Lipinski definition) is 0. The predicted octanol–water partition coefficient (Wildman–Crippen LogP) is 11.3. The van der Waals surface area contributed by atoms with Crippen LogP contribution in [0.2, 0.25) is 0 Å². The normalized spacial score (nSPS) is 11.8. The predicted molar refractivity (Wildman–Crippen MR) is 165 cm³/mol. The van der Waals surface area contributed by atoms with Gasteiger partial charge < -0.3 is 18.9 Å². The van der Waals surface area contributed by atoms with Crippen LogP contribution in [0.3, 0.4) is 0 Å². The van der Waals surface area contributed by atoms with Gasteiger partial charge in [0, 0.05) is 13.2 Å². The Hall–Kier alpha value is -0.580. The van der Waals surface area contributed by atoms with E-state index in [0.717, 1.165) is 39.1 Å². The molecule has 0 bridgehead atoms. The molecule has 0 atom stereocenters. The zero-order valence-electron chi connectivity index (χ0n) is 26.2. The molecule has 0 radical (unpaired) electrons. The van der Waals surface area contributed by atoms with Gasteiger partial charge in [0.1, 0.15) is 0 Å². The molecular formula is C34H68O4. The summed E-state index contributed by atoms with van der Waals surface area (Å²) in [7, 11) is 0. The summed E-state index contributed by atoms with van der Waals surface area (Å²) in [4.78, 5) is 0. The zero-order chi connectivity index (χ0) is 27.6. The van der Waals surface area contributed by atoms with Gasteiger partial charge in [0.15, 0.2) is 13.1 Å². The fourth-order valence-corrected chi connectivity index (χ4v) is 4.65. The molecule has 38 heavy (non-hydrogen) atoms. The Balaban J connectivity index is 3.82. The van der Waals surface area contributed by atoms with Crippen molar-refractivity contribution in [1.82, 2.24) is 0 Å². The van der Waals surface area contributed by atoms with Gasteiger partial charge in [-0.2, -0.15) is 0 Å². The van der Waals surface area contributed by atoms with Crippen molar-refractivity contribution in [2.75, 3.05) is 26.6 Å². The molecule has 0 unspecified atom stereocenters. The van der Waals surface area contributed by atoms with Gasteiger partial charge in [0.05, 0.1) is 12.9 Å². The molecule has 0 saturated heterocycles. The van der Waals surface area contributed by atoms with E-state index in [-0.39, 0.29) is 6.29 Å². The van der Waals surface area contributed by atoms with Crippen LogP contribution in [0, 0.1) is 0 Å². The van der Waals surface area contributed by atoms with Crippen LogP contribution in [-0.2, 0) is 18.9 Å². The second-order valence-corrected chi connectivity index (χ2v) is 11.0. The van der Waals surface area contributed by atoms with Crippen molar-refractivity contribution < 1.29 is 18.9 Å². The summed E-state index contributed by atoms with van der Waals surface area (Å²) in [5, 5.41) is 0. The van der Waals surface area contributed by atoms with Crippen molar-refractivity contribution in [2.45, 2.75) is 181 Å². The minimum absolute atomic E-state index is 0.0107. The lowest BCUT2D eigenvalue weighted by atomic mass is 10.1. The van der Waals surface area contributed by atoms with Gasteiger partial charge in [-0.15, -0.1) is 0 Å². The van der Waals surface area contributed by atoms with Crippen molar-refractivity contribution in [3.63, 3.8) is 0 Å². The van der Waals surface area contributed by atoms with Gasteiger partial charge in [-0.1, -0.05) is 130 Å². The molecular weight excluding hydrogens is 472 g/mol. The van der Waals surface area contributed by atoms with Crippen molar-refractivity contribution in [3.05, 3.63) is 12.3 Å². The highest BCUT2D eigenvalue weighted by molar-refractivity contribution is 4.72. The average molecular weight is 541 g/mol. The number of allylic oxidation sites excluding steroid dienone is 1. The highest BCUT2D eigenvalue weighted by Crippen LogP contribution is 2.15. The molecule has 0 amide bonds. The van der Waals surface area contributed by atoms with Crippen molar-refractivity contribution >= 4 is 0 Å². The van der Waals surface area contributed by atoms with Gasteiger partial charge in [-0.3, -0.25) is 0 Å². The molecule has 4 heteroatoms. The maximum absolute atomic E-state index is 6.20. The molecule has 0 aliphatic carbocycles. The quantitative estimate of drug-likeness (QED) is 0.0471. The van der Waals surface area contributed by atoms with E-state index in [2.05, 4.69) is 26.8 Å². The molecule has 4 nitrogen and oxygen atoms in total. The molecule has 0 N–H and O–H groups in total. The number of unbranched alkanes of at least 4 members (excludes halogenated alkanes) is 19. The summed E-state index contributed by atoms with van der Waals surface area (Å²) in [5.74, 6) is 0. The second-order valence-electron chi connectivity index (χ2n) is 11.0. The highest BCUT2D eigenvalue weighted by atomic mass is 16.7. The van der Waals surface area contributed by atoms with Gasteiger partial charge >= 0.3 is 0 Å². The maximum atomic E-state index is 6.20. The van der Waals surface area contributed by atoms with E-state index in [4.69, 9.17) is 18.9 Å². The van der Waals surface area contributed by atoms with Crippen LogP contribution in [0.25, 0.3) is 0 Å². The zero-order valence-corrected chi connectivity index (χ0v) is 26.2. The van der Waals surface area contributed by atoms with Crippen LogP contribution < -0.4 is 0 Å². The van der Waals surface area contributed by atoms with Crippen LogP contribution >= 0.6 is 0 Å². The summed E-state index contributed by atoms with van der Waals surface area (Å²) in [6.07, 6.45) is 34.8. The summed E-state index contributed by atoms with van der Waals surface area (Å²) in [6.45, 7) is 9.54. The minimum Gasteiger partial charge on any atom is -0.475 e. The minimum atomic E-state index is 0.0107. The SMILES string of the molecule is CCCCCCCCCOC(CCCCCCCCCC=COCOCCC)OCCCCCCCCC. The highest BCUT2D eigenvalue weighted by Gasteiger charge is 2.09. The molecule has 228 valence electrons. The van der Waals surface area contributed by atoms with Gasteiger partial charge in [-0.25, -0.2) is 0 Å². The van der Waals surface area contributed by atoms with E-state index in [0.29, 0.717) is 6.79 Å². The summed E-state index contributed by atoms with van der Waals surface area (Å²) in [5.41, 5.74) is 0. The third-order valence-electron chi connectivity index (χ3n) is 7.11. The first-order valence-electron chi connectivity index (χ1n) is 16.9. The molecule has 0 rings (SSSR count). The number of ether oxygens (including phenoxy) is 4. The van der Waals surface area contributed by atoms with E-state index in [1.54, 1.807) is 6.26 Å². The Kier molecular flexibility index (Phi) is 33.9. The van der Waals surface area contributed by atoms with Crippen LogP contribution in [-0.4, -0.2) is 32.9 Å². The third kappa shape index (κ3) is 31.6. The fourth-order valence-electron chi connectivity index (χ4n) is 4.65. The summed E-state index contributed by atoms with van der Waals surface area (Å²) < 4.78 is 23.0. The van der Waals surface area contributed by atoms with Gasteiger partial charge in [-0.05, 0) is 51.0 Å². The van der Waals surface area contributed by atoms with Crippen LogP contribution in [0.15, 0.2) is 12.3 Å². The van der Waals surface area contributed by atoms with E-state index in [1.807, 2.05) is 0 Å². The lowest BCUT2D eigenvalue weighted by Gasteiger charge is -2.19. The Bertz CT molecular complexity index is 420. The Morgan fingerprint density at radius 2 is 0.947 bits per heavy atom. The topological polar surface area (TPSA) is 36.9 Å². The van der Waals surface area contributed by atoms with Crippen LogP contribution in [0.5, 0.6) is 0 Å². The molecule has 0 aromatic rings. The molecule has 0 aromatic carbocycles. The van der Waals surface area contributed by atoms with Gasteiger partial charge in [0.2, 0.25) is 0 Å². The number of hydrogen-bond acceptors (Lipinski definition) is 4. The van der Waals surface area contributed by atoms with E-state index in [9.17, 15) is 0 Å². The molecule has 0 saturated carbocycles. The number of rotatable bonds is 33. The molecule has 0 aliphatic heterocycles. The van der Waals surface area contributed by atoms with Crippen molar-refractivity contribution in [2.24, 2.45) is 0 Å². The van der Waals surface area contributed by atoms with Crippen LogP contribution in [0.1, 0.15) is 175 Å². The first-order valence-corrected chi connectivity index (χ1v) is 16.9. The van der Waals surface area contributed by atoms with E-state index >= 15 is 0 Å². The fraction of sp³-hybridized carbons (Fsp3) is 0.941. The monoisotopic (exact) mass is 541 g/mol. The van der Waals surface area contributed by atoms with E-state index < -0.39 is 0 Å². The summed E-state index contributed by atoms with van der Waals surface area (Å²) in [6, 6.07) is 0. The lowest BCUT2D eigenvalue weighted by molar-refractivity contribution is -0.148. The molecule has 0 aromatic heterocycles. The standard InChI is InChI=1S/C34H68O4/c1-4-7-9-11-17-22-26-31-37-34(38-32-27-23-18-12-10-8-5-2)28-24-20-16-14-13-15-19-21-25-30-36-33-35-29-6-3/h25,30,34H,4-24,26-29,31-33H2,1-3H3. The summed E-state index contributed by atoms with van der Waals surface area (Å²) >= 11 is 0. The van der Waals surface area contributed by atoms with Gasteiger partial charge in [0.25, 0.3) is 0 Å². The Labute approximate surface area is 239 Å². The van der Waals surface area contributed by atoms with E-state index in [1.165, 1.54) is 135 Å². The Morgan fingerprint density at radius 3 is 1.47 bits per heavy atom. The largest absolute Gasteiger partial charge is 0.475 e. The molecule has 0 fully saturated rings. The molecule has 0 aliphatic rings. The smallest absolute Gasteiger partial charge is 0.188 e. The lowest BCUT2D eigenvalue weighted by Crippen LogP contribution is -2.19. The third-order valence-corrected chi connectivity index (χ3v) is 7.11. The molecule has 0 heterocycles. The molecule has 0 spiro atoms. The first kappa shape index (κ1) is 37.4. The van der Waals surface area contributed by atoms with Crippen molar-refractivity contribution in [1.29, 1.82) is 0 Å². The first-order chi connectivity index (χ1) is 18.8. The average Bonchev–Trinajstić information content (AvgIpc) is 2.93.